The zero-order valence-electron chi connectivity index (χ0n) is 11.2. The fourth-order valence-corrected chi connectivity index (χ4v) is 2.57. The van der Waals surface area contributed by atoms with E-state index in [9.17, 15) is 0 Å². The minimum Gasteiger partial charge on any atom is -0.313 e. The Balaban J connectivity index is 2.31. The van der Waals surface area contributed by atoms with Gasteiger partial charge in [0.15, 0.2) is 0 Å². The summed E-state index contributed by atoms with van der Waals surface area (Å²) >= 11 is 1.84. The molecule has 3 heteroatoms. The lowest BCUT2D eigenvalue weighted by Gasteiger charge is -2.25. The summed E-state index contributed by atoms with van der Waals surface area (Å²) in [5.41, 5.74) is 1.26. The summed E-state index contributed by atoms with van der Waals surface area (Å²) in [5.74, 6) is 0. The quantitative estimate of drug-likeness (QED) is 0.716. The Morgan fingerprint density at radius 3 is 2.94 bits per heavy atom. The Morgan fingerprint density at radius 1 is 1.59 bits per heavy atom. The number of nitrogens with one attached hydrogen (secondary N) is 1. The first kappa shape index (κ1) is 14.4. The molecule has 0 aromatic carbocycles. The molecule has 1 unspecified atom stereocenters. The maximum atomic E-state index is 4.11. The predicted molar refractivity (Wildman–Crippen MR) is 77.8 cm³/mol. The average molecular weight is 252 g/mol. The van der Waals surface area contributed by atoms with Crippen LogP contribution in [0, 0.1) is 0 Å². The van der Waals surface area contributed by atoms with Gasteiger partial charge in [0.05, 0.1) is 0 Å². The van der Waals surface area contributed by atoms with E-state index in [1.165, 1.54) is 10.5 Å². The van der Waals surface area contributed by atoms with E-state index in [1.54, 1.807) is 0 Å². The summed E-state index contributed by atoms with van der Waals surface area (Å²) in [6, 6.07) is 4.89. The number of rotatable bonds is 8. The van der Waals surface area contributed by atoms with Crippen molar-refractivity contribution in [2.24, 2.45) is 0 Å². The van der Waals surface area contributed by atoms with Gasteiger partial charge >= 0.3 is 0 Å². The maximum absolute atomic E-state index is 4.11. The Kier molecular flexibility index (Phi) is 6.48. The van der Waals surface area contributed by atoms with Gasteiger partial charge in [-0.05, 0) is 44.0 Å². The molecule has 0 amide bonds. The number of nitrogens with zero attached hydrogens (tertiary/aromatic N) is 1. The minimum absolute atomic E-state index is 0.562. The molecule has 0 fully saturated rings. The van der Waals surface area contributed by atoms with E-state index in [-0.39, 0.29) is 0 Å². The van der Waals surface area contributed by atoms with Crippen molar-refractivity contribution in [1.29, 1.82) is 0 Å². The van der Waals surface area contributed by atoms with Gasteiger partial charge in [0.1, 0.15) is 0 Å². The molecule has 0 saturated heterocycles. The van der Waals surface area contributed by atoms with Crippen LogP contribution in [0.1, 0.15) is 18.7 Å². The van der Waals surface area contributed by atoms with E-state index in [0.717, 1.165) is 26.1 Å². The van der Waals surface area contributed by atoms with Crippen molar-refractivity contribution in [3.63, 3.8) is 0 Å². The summed E-state index contributed by atoms with van der Waals surface area (Å²) in [5, 5.41) is 5.46. The molecule has 96 valence electrons. The van der Waals surface area contributed by atoms with Crippen molar-refractivity contribution < 1.29 is 0 Å². The molecule has 0 aliphatic rings. The van der Waals surface area contributed by atoms with Gasteiger partial charge in [-0.25, -0.2) is 0 Å². The number of hydrogen-bond acceptors (Lipinski definition) is 3. The summed E-state index contributed by atoms with van der Waals surface area (Å²) < 4.78 is 0. The zero-order chi connectivity index (χ0) is 12.7. The van der Waals surface area contributed by atoms with Crippen LogP contribution >= 0.6 is 11.3 Å². The molecule has 1 heterocycles. The van der Waals surface area contributed by atoms with Crippen molar-refractivity contribution in [3.05, 3.63) is 34.5 Å². The Bertz CT molecular complexity index is 319. The van der Waals surface area contributed by atoms with E-state index in [0.29, 0.717) is 6.04 Å². The second-order valence-corrected chi connectivity index (χ2v) is 5.61. The van der Waals surface area contributed by atoms with Crippen LogP contribution in [0.5, 0.6) is 0 Å². The van der Waals surface area contributed by atoms with Gasteiger partial charge in [-0.1, -0.05) is 19.6 Å². The van der Waals surface area contributed by atoms with Crippen LogP contribution in [-0.2, 0) is 6.42 Å². The topological polar surface area (TPSA) is 15.3 Å². The Hall–Kier alpha value is -0.640. The van der Waals surface area contributed by atoms with Crippen LogP contribution in [-0.4, -0.2) is 37.6 Å². The van der Waals surface area contributed by atoms with Gasteiger partial charge in [0.2, 0.25) is 0 Å². The second kappa shape index (κ2) is 7.64. The molecule has 1 N–H and O–H groups in total. The molecule has 1 atom stereocenters. The molecule has 1 rings (SSSR count). The number of thiophene rings is 1. The van der Waals surface area contributed by atoms with E-state index in [4.69, 9.17) is 0 Å². The van der Waals surface area contributed by atoms with Crippen molar-refractivity contribution in [1.82, 2.24) is 10.2 Å². The summed E-state index contributed by atoms with van der Waals surface area (Å²) in [7, 11) is 2.18. The summed E-state index contributed by atoms with van der Waals surface area (Å²) in [4.78, 5) is 3.83. The van der Waals surface area contributed by atoms with Crippen LogP contribution in [0.2, 0.25) is 0 Å². The van der Waals surface area contributed by atoms with Gasteiger partial charge in [-0.3, -0.25) is 4.90 Å². The van der Waals surface area contributed by atoms with Crippen molar-refractivity contribution >= 4 is 11.3 Å². The molecule has 0 spiro atoms. The van der Waals surface area contributed by atoms with E-state index in [1.807, 2.05) is 11.3 Å². The third-order valence-corrected chi connectivity index (χ3v) is 3.83. The van der Waals surface area contributed by atoms with Gasteiger partial charge in [0, 0.05) is 24.0 Å². The predicted octanol–water partition coefficient (Wildman–Crippen LogP) is 2.78. The normalized spacial score (nSPS) is 12.9. The maximum Gasteiger partial charge on any atom is 0.0202 e. The molecule has 0 bridgehead atoms. The molecule has 0 radical (unpaired) electrons. The number of hydrogen-bond donors (Lipinski definition) is 1. The highest BCUT2D eigenvalue weighted by Gasteiger charge is 2.11. The molecule has 0 aliphatic heterocycles. The first-order valence-electron chi connectivity index (χ1n) is 6.23. The lowest BCUT2D eigenvalue weighted by Crippen LogP contribution is -2.34. The van der Waals surface area contributed by atoms with Gasteiger partial charge in [0.25, 0.3) is 0 Å². The molecule has 0 aliphatic carbocycles. The molecule has 2 nitrogen and oxygen atoms in total. The van der Waals surface area contributed by atoms with Crippen molar-refractivity contribution in [3.8, 4) is 0 Å². The van der Waals surface area contributed by atoms with Gasteiger partial charge < -0.3 is 5.32 Å². The fourth-order valence-electron chi connectivity index (χ4n) is 1.74. The molecule has 17 heavy (non-hydrogen) atoms. The molecular formula is C14H24N2S. The monoisotopic (exact) mass is 252 g/mol. The Morgan fingerprint density at radius 2 is 2.35 bits per heavy atom. The molecular weight excluding hydrogens is 228 g/mol. The standard InChI is InChI=1S/C14H24N2S/c1-5-15-10-12(2)11-16(4)13(3)9-14-7-6-8-17-14/h6-8,13,15H,2,5,9-11H2,1,3-4H3. The SMILES string of the molecule is C=C(CNCC)CN(C)C(C)Cc1cccs1. The lowest BCUT2D eigenvalue weighted by atomic mass is 10.1. The second-order valence-electron chi connectivity index (χ2n) is 4.58. The minimum atomic E-state index is 0.562. The van der Waals surface area contributed by atoms with Crippen LogP contribution in [0.15, 0.2) is 29.7 Å². The fraction of sp³-hybridized carbons (Fsp3) is 0.571. The van der Waals surface area contributed by atoms with Crippen LogP contribution in [0.4, 0.5) is 0 Å². The summed E-state index contributed by atoms with van der Waals surface area (Å²) in [6.07, 6.45) is 1.13. The van der Waals surface area contributed by atoms with Crippen molar-refractivity contribution in [2.75, 3.05) is 26.7 Å². The van der Waals surface area contributed by atoms with E-state index >= 15 is 0 Å². The third-order valence-electron chi connectivity index (χ3n) is 2.93. The van der Waals surface area contributed by atoms with E-state index in [2.05, 4.69) is 55.2 Å². The van der Waals surface area contributed by atoms with Gasteiger partial charge in [-0.2, -0.15) is 0 Å². The third kappa shape index (κ3) is 5.48. The number of likely N-dealkylation sites (N-methyl/N-ethyl adjacent to an activating group) is 2. The first-order valence-corrected chi connectivity index (χ1v) is 7.11. The zero-order valence-corrected chi connectivity index (χ0v) is 12.0. The van der Waals surface area contributed by atoms with Gasteiger partial charge in [-0.15, -0.1) is 11.3 Å². The smallest absolute Gasteiger partial charge is 0.0202 e. The highest BCUT2D eigenvalue weighted by Crippen LogP contribution is 2.13. The largest absolute Gasteiger partial charge is 0.313 e. The molecule has 1 aromatic rings. The van der Waals surface area contributed by atoms with Crippen LogP contribution in [0.25, 0.3) is 0 Å². The van der Waals surface area contributed by atoms with Crippen molar-refractivity contribution in [2.45, 2.75) is 26.3 Å². The highest BCUT2D eigenvalue weighted by molar-refractivity contribution is 7.09. The molecule has 1 aromatic heterocycles. The highest BCUT2D eigenvalue weighted by atomic mass is 32.1. The van der Waals surface area contributed by atoms with Crippen LogP contribution in [0.3, 0.4) is 0 Å². The van der Waals surface area contributed by atoms with Crippen LogP contribution < -0.4 is 5.32 Å². The first-order chi connectivity index (χ1) is 8.13. The molecule has 0 saturated carbocycles. The van der Waals surface area contributed by atoms with E-state index < -0.39 is 0 Å². The average Bonchev–Trinajstić information content (AvgIpc) is 2.78. The summed E-state index contributed by atoms with van der Waals surface area (Å²) in [6.45, 7) is 11.4. The Labute approximate surface area is 109 Å². The lowest BCUT2D eigenvalue weighted by molar-refractivity contribution is 0.276.